The Morgan fingerprint density at radius 2 is 0.873 bits per heavy atom. The van der Waals surface area contributed by atoms with Crippen molar-refractivity contribution in [3.8, 4) is 79.7 Å². The fourth-order valence-corrected chi connectivity index (χ4v) is 6.69. The van der Waals surface area contributed by atoms with Crippen LogP contribution in [0.1, 0.15) is 0 Å². The lowest BCUT2D eigenvalue weighted by Gasteiger charge is -2.12. The van der Waals surface area contributed by atoms with Gasteiger partial charge in [0.1, 0.15) is 16.9 Å². The highest BCUT2D eigenvalue weighted by atomic mass is 16.3. The molecular formula is C46H28N8O. The lowest BCUT2D eigenvalue weighted by molar-refractivity contribution is 0.669. The average Bonchev–Trinajstić information content (AvgIpc) is 3.66. The number of pyridine rings is 3. The first kappa shape index (κ1) is 31.9. The number of nitrogens with zero attached hydrogens (tertiary/aromatic N) is 8. The predicted molar refractivity (Wildman–Crippen MR) is 214 cm³/mol. The predicted octanol–water partition coefficient (Wildman–Crippen LogP) is 10.4. The van der Waals surface area contributed by atoms with E-state index < -0.39 is 0 Å². The van der Waals surface area contributed by atoms with Crippen LogP contribution in [0.25, 0.3) is 102 Å². The molecule has 0 amide bonds. The molecule has 6 aromatic heterocycles. The molecule has 0 spiro atoms. The van der Waals surface area contributed by atoms with Gasteiger partial charge in [-0.3, -0.25) is 9.97 Å². The van der Waals surface area contributed by atoms with E-state index in [9.17, 15) is 0 Å². The second kappa shape index (κ2) is 13.6. The Morgan fingerprint density at radius 1 is 0.327 bits per heavy atom. The summed E-state index contributed by atoms with van der Waals surface area (Å²) in [6, 6.07) is 51.2. The Kier molecular flexibility index (Phi) is 7.92. The fourth-order valence-electron chi connectivity index (χ4n) is 6.69. The quantitative estimate of drug-likeness (QED) is 0.159. The number of fused-ring (bicyclic) bond motifs is 3. The number of rotatable bonds is 7. The summed E-state index contributed by atoms with van der Waals surface area (Å²) in [5.41, 5.74) is 8.94. The number of para-hydroxylation sites is 1. The van der Waals surface area contributed by atoms with Gasteiger partial charge >= 0.3 is 0 Å². The zero-order valence-corrected chi connectivity index (χ0v) is 29.2. The summed E-state index contributed by atoms with van der Waals surface area (Å²) in [5, 5.41) is 1.98. The molecule has 0 aliphatic heterocycles. The van der Waals surface area contributed by atoms with Gasteiger partial charge in [0.25, 0.3) is 0 Å². The SMILES string of the molecule is c1ccc(-c2nc(-c3nc(-c4ccccc4)nc(-c4cc(-c5ccccn5)nc(-c5ccccn5)c4)n3)cc(-c3cccc4oc5ccccc5c34)n2)cc1. The Morgan fingerprint density at radius 3 is 1.53 bits per heavy atom. The molecule has 0 aliphatic rings. The molecule has 0 saturated heterocycles. The van der Waals surface area contributed by atoms with Crippen molar-refractivity contribution < 1.29 is 4.42 Å². The minimum atomic E-state index is 0.393. The second-order valence-electron chi connectivity index (χ2n) is 12.8. The lowest BCUT2D eigenvalue weighted by Crippen LogP contribution is -2.04. The number of hydrogen-bond acceptors (Lipinski definition) is 9. The smallest absolute Gasteiger partial charge is 0.182 e. The normalized spacial score (nSPS) is 11.3. The number of hydrogen-bond donors (Lipinski definition) is 0. The molecule has 6 heterocycles. The molecular weight excluding hydrogens is 681 g/mol. The first-order valence-electron chi connectivity index (χ1n) is 17.8. The van der Waals surface area contributed by atoms with E-state index >= 15 is 0 Å². The molecule has 55 heavy (non-hydrogen) atoms. The van der Waals surface area contributed by atoms with Crippen molar-refractivity contribution in [1.29, 1.82) is 0 Å². The molecule has 258 valence electrons. The summed E-state index contributed by atoms with van der Waals surface area (Å²) in [5.74, 6) is 1.88. The molecule has 4 aromatic carbocycles. The van der Waals surface area contributed by atoms with Gasteiger partial charge in [-0.25, -0.2) is 29.9 Å². The molecule has 0 atom stereocenters. The molecule has 0 saturated carbocycles. The Hall–Kier alpha value is -7.78. The van der Waals surface area contributed by atoms with E-state index in [-0.39, 0.29) is 0 Å². The van der Waals surface area contributed by atoms with Gasteiger partial charge in [0.15, 0.2) is 23.3 Å². The molecule has 9 nitrogen and oxygen atoms in total. The first-order valence-corrected chi connectivity index (χ1v) is 17.8. The maximum atomic E-state index is 6.27. The van der Waals surface area contributed by atoms with Crippen LogP contribution >= 0.6 is 0 Å². The topological polar surface area (TPSA) is 116 Å². The van der Waals surface area contributed by atoms with Crippen molar-refractivity contribution in [3.63, 3.8) is 0 Å². The van der Waals surface area contributed by atoms with Crippen LogP contribution in [0.2, 0.25) is 0 Å². The third kappa shape index (κ3) is 6.15. The molecule has 0 bridgehead atoms. The van der Waals surface area contributed by atoms with Crippen LogP contribution in [0.4, 0.5) is 0 Å². The standard InChI is InChI=1S/C46H28N8O/c1-3-14-29(15-4-1)43-50-36(32-19-13-23-41-42(32)33-18-7-8-22-40(33)55-41)28-39(51-43)46-53-44(30-16-5-2-6-17-30)52-45(54-46)31-26-37(34-20-9-11-24-47-34)49-38(27-31)35-21-10-12-25-48-35/h1-28H. The largest absolute Gasteiger partial charge is 0.456 e. The van der Waals surface area contributed by atoms with Gasteiger partial charge in [-0.1, -0.05) is 103 Å². The molecule has 9 heteroatoms. The Balaban J connectivity index is 1.22. The molecule has 0 unspecified atom stereocenters. The number of aromatic nitrogens is 8. The van der Waals surface area contributed by atoms with Crippen LogP contribution in [0.5, 0.6) is 0 Å². The van der Waals surface area contributed by atoms with E-state index in [4.69, 9.17) is 34.3 Å². The highest BCUT2D eigenvalue weighted by molar-refractivity contribution is 6.12. The van der Waals surface area contributed by atoms with Crippen LogP contribution in [-0.2, 0) is 0 Å². The van der Waals surface area contributed by atoms with Crippen molar-refractivity contribution in [2.45, 2.75) is 0 Å². The third-order valence-electron chi connectivity index (χ3n) is 9.27. The van der Waals surface area contributed by atoms with Gasteiger partial charge in [0.2, 0.25) is 0 Å². The second-order valence-corrected chi connectivity index (χ2v) is 12.8. The molecule has 10 rings (SSSR count). The summed E-state index contributed by atoms with van der Waals surface area (Å²) in [6.07, 6.45) is 3.51. The molecule has 0 N–H and O–H groups in total. The summed E-state index contributed by atoms with van der Waals surface area (Å²) in [6.45, 7) is 0. The highest BCUT2D eigenvalue weighted by Gasteiger charge is 2.20. The van der Waals surface area contributed by atoms with Crippen LogP contribution in [0.15, 0.2) is 175 Å². The van der Waals surface area contributed by atoms with Crippen molar-refractivity contribution >= 4 is 21.9 Å². The van der Waals surface area contributed by atoms with E-state index in [1.807, 2.05) is 146 Å². The van der Waals surface area contributed by atoms with Crippen LogP contribution in [0.3, 0.4) is 0 Å². The van der Waals surface area contributed by atoms with Crippen LogP contribution < -0.4 is 0 Å². The van der Waals surface area contributed by atoms with Crippen molar-refractivity contribution in [2.75, 3.05) is 0 Å². The lowest BCUT2D eigenvalue weighted by atomic mass is 10.0. The monoisotopic (exact) mass is 708 g/mol. The van der Waals surface area contributed by atoms with E-state index in [1.165, 1.54) is 0 Å². The fraction of sp³-hybridized carbons (Fsp3) is 0. The zero-order valence-electron chi connectivity index (χ0n) is 29.2. The van der Waals surface area contributed by atoms with Gasteiger partial charge in [-0.15, -0.1) is 0 Å². The van der Waals surface area contributed by atoms with Crippen molar-refractivity contribution in [1.82, 2.24) is 39.9 Å². The van der Waals surface area contributed by atoms with E-state index in [0.717, 1.165) is 44.2 Å². The molecule has 0 aliphatic carbocycles. The van der Waals surface area contributed by atoms with Gasteiger partial charge < -0.3 is 4.42 Å². The van der Waals surface area contributed by atoms with Gasteiger partial charge in [0.05, 0.1) is 28.5 Å². The van der Waals surface area contributed by atoms with Crippen LogP contribution in [0, 0.1) is 0 Å². The van der Waals surface area contributed by atoms with Gasteiger partial charge in [-0.2, -0.15) is 0 Å². The zero-order chi connectivity index (χ0) is 36.6. The van der Waals surface area contributed by atoms with Crippen molar-refractivity contribution in [3.05, 3.63) is 170 Å². The molecule has 10 aromatic rings. The summed E-state index contributed by atoms with van der Waals surface area (Å²) in [7, 11) is 0. The number of furan rings is 1. The minimum Gasteiger partial charge on any atom is -0.456 e. The first-order chi connectivity index (χ1) is 27.2. The van der Waals surface area contributed by atoms with Crippen molar-refractivity contribution in [2.24, 2.45) is 0 Å². The minimum absolute atomic E-state index is 0.393. The summed E-state index contributed by atoms with van der Waals surface area (Å²) < 4.78 is 6.27. The van der Waals surface area contributed by atoms with Gasteiger partial charge in [-0.05, 0) is 54.6 Å². The van der Waals surface area contributed by atoms with Crippen LogP contribution in [-0.4, -0.2) is 39.9 Å². The Bertz CT molecular complexity index is 2920. The number of benzene rings is 4. The Labute approximate surface area is 315 Å². The maximum Gasteiger partial charge on any atom is 0.182 e. The van der Waals surface area contributed by atoms with E-state index in [2.05, 4.69) is 22.1 Å². The maximum absolute atomic E-state index is 6.27. The summed E-state index contributed by atoms with van der Waals surface area (Å²) >= 11 is 0. The molecule has 0 fully saturated rings. The third-order valence-corrected chi connectivity index (χ3v) is 9.27. The van der Waals surface area contributed by atoms with E-state index in [1.54, 1.807) is 12.4 Å². The molecule has 0 radical (unpaired) electrons. The summed E-state index contributed by atoms with van der Waals surface area (Å²) in [4.78, 5) is 39.7. The average molecular weight is 709 g/mol. The van der Waals surface area contributed by atoms with E-state index in [0.29, 0.717) is 57.5 Å². The van der Waals surface area contributed by atoms with Gasteiger partial charge in [0, 0.05) is 45.4 Å². The highest BCUT2D eigenvalue weighted by Crippen LogP contribution is 2.38.